The van der Waals surface area contributed by atoms with Crippen LogP contribution in [0.5, 0.6) is 0 Å². The lowest BCUT2D eigenvalue weighted by atomic mass is 10.3. The minimum absolute atomic E-state index is 0.205. The highest BCUT2D eigenvalue weighted by molar-refractivity contribution is 5.91. The van der Waals surface area contributed by atoms with Crippen molar-refractivity contribution >= 4 is 11.7 Å². The number of unbranched alkanes of at least 4 members (excludes halogenated alkanes) is 1. The van der Waals surface area contributed by atoms with Crippen molar-refractivity contribution in [3.8, 4) is 0 Å². The van der Waals surface area contributed by atoms with Gasteiger partial charge < -0.3 is 15.4 Å². The normalized spacial score (nSPS) is 10.2. The molecule has 0 aromatic carbocycles. The fourth-order valence-corrected chi connectivity index (χ4v) is 1.39. The molecule has 2 N–H and O–H groups in total. The monoisotopic (exact) mass is 266 g/mol. The molecule has 0 saturated heterocycles. The summed E-state index contributed by atoms with van der Waals surface area (Å²) in [5.41, 5.74) is 0.325. The topological polar surface area (TPSA) is 76.1 Å². The molecular weight excluding hydrogens is 244 g/mol. The molecule has 19 heavy (non-hydrogen) atoms. The van der Waals surface area contributed by atoms with Crippen LogP contribution in [0.25, 0.3) is 0 Å². The minimum Gasteiger partial charge on any atom is -0.381 e. The number of rotatable bonds is 9. The van der Waals surface area contributed by atoms with Crippen molar-refractivity contribution in [3.63, 3.8) is 0 Å². The van der Waals surface area contributed by atoms with Crippen molar-refractivity contribution in [2.24, 2.45) is 0 Å². The summed E-state index contributed by atoms with van der Waals surface area (Å²) in [5.74, 6) is 0.435. The van der Waals surface area contributed by atoms with Gasteiger partial charge in [-0.2, -0.15) is 0 Å². The Hall–Kier alpha value is -1.69. The maximum atomic E-state index is 11.7. The van der Waals surface area contributed by atoms with Gasteiger partial charge >= 0.3 is 0 Å². The van der Waals surface area contributed by atoms with Crippen LogP contribution in [-0.2, 0) is 4.74 Å². The molecular formula is C13H22N4O2. The first-order chi connectivity index (χ1) is 9.27. The molecule has 1 aromatic rings. The number of nitrogens with one attached hydrogen (secondary N) is 2. The molecule has 1 amide bonds. The molecule has 0 spiro atoms. The third kappa shape index (κ3) is 6.15. The van der Waals surface area contributed by atoms with E-state index in [-0.39, 0.29) is 5.91 Å². The van der Waals surface area contributed by atoms with Crippen molar-refractivity contribution in [1.29, 1.82) is 0 Å². The van der Waals surface area contributed by atoms with Crippen LogP contribution in [-0.4, -0.2) is 42.7 Å². The lowest BCUT2D eigenvalue weighted by Crippen LogP contribution is -2.26. The predicted molar refractivity (Wildman–Crippen MR) is 74.3 cm³/mol. The molecule has 1 heterocycles. The second-order valence-corrected chi connectivity index (χ2v) is 4.11. The Morgan fingerprint density at radius 3 is 2.68 bits per heavy atom. The zero-order valence-corrected chi connectivity index (χ0v) is 11.6. The third-order valence-electron chi connectivity index (χ3n) is 2.53. The number of anilines is 1. The van der Waals surface area contributed by atoms with Crippen LogP contribution in [0.1, 0.15) is 36.7 Å². The average Bonchev–Trinajstić information content (AvgIpc) is 2.46. The number of carbonyl (C=O) groups is 1. The average molecular weight is 266 g/mol. The van der Waals surface area contributed by atoms with Gasteiger partial charge in [0.05, 0.1) is 12.4 Å². The van der Waals surface area contributed by atoms with E-state index in [1.54, 1.807) is 7.05 Å². The van der Waals surface area contributed by atoms with Crippen LogP contribution < -0.4 is 10.6 Å². The molecule has 0 aliphatic rings. The van der Waals surface area contributed by atoms with E-state index in [9.17, 15) is 4.79 Å². The Kier molecular flexibility index (Phi) is 7.50. The van der Waals surface area contributed by atoms with Gasteiger partial charge in [0.25, 0.3) is 5.91 Å². The Morgan fingerprint density at radius 1 is 1.26 bits per heavy atom. The summed E-state index contributed by atoms with van der Waals surface area (Å²) >= 11 is 0. The highest BCUT2D eigenvalue weighted by Gasteiger charge is 2.06. The van der Waals surface area contributed by atoms with E-state index in [0.717, 1.165) is 25.9 Å². The summed E-state index contributed by atoms with van der Waals surface area (Å²) in [6, 6.07) is 0. The lowest BCUT2D eigenvalue weighted by Gasteiger charge is -2.06. The molecule has 0 radical (unpaired) electrons. The zero-order valence-electron chi connectivity index (χ0n) is 11.6. The van der Waals surface area contributed by atoms with Gasteiger partial charge in [0.15, 0.2) is 0 Å². The highest BCUT2D eigenvalue weighted by Crippen LogP contribution is 1.99. The molecule has 0 aliphatic carbocycles. The van der Waals surface area contributed by atoms with E-state index in [4.69, 9.17) is 4.74 Å². The van der Waals surface area contributed by atoms with Crippen LogP contribution in [0.3, 0.4) is 0 Å². The largest absolute Gasteiger partial charge is 0.381 e. The number of amides is 1. The maximum absolute atomic E-state index is 11.7. The number of ether oxygens (including phenoxy) is 1. The van der Waals surface area contributed by atoms with Crippen molar-refractivity contribution in [2.75, 3.05) is 32.1 Å². The lowest BCUT2D eigenvalue weighted by molar-refractivity contribution is 0.0935. The SMILES string of the molecule is CCCCOCCCNC(=O)c1cnc(NC)cn1. The van der Waals surface area contributed by atoms with Crippen molar-refractivity contribution < 1.29 is 9.53 Å². The summed E-state index contributed by atoms with van der Waals surface area (Å²) < 4.78 is 5.40. The number of hydrogen-bond acceptors (Lipinski definition) is 5. The van der Waals surface area contributed by atoms with E-state index in [0.29, 0.717) is 24.7 Å². The molecule has 0 saturated carbocycles. The molecule has 106 valence electrons. The van der Waals surface area contributed by atoms with Crippen molar-refractivity contribution in [2.45, 2.75) is 26.2 Å². The number of nitrogens with zero attached hydrogens (tertiary/aromatic N) is 2. The fraction of sp³-hybridized carbons (Fsp3) is 0.615. The Morgan fingerprint density at radius 2 is 2.05 bits per heavy atom. The van der Waals surface area contributed by atoms with E-state index in [2.05, 4.69) is 27.5 Å². The number of hydrogen-bond donors (Lipinski definition) is 2. The Labute approximate surface area is 114 Å². The molecule has 0 fully saturated rings. The highest BCUT2D eigenvalue weighted by atomic mass is 16.5. The molecule has 0 bridgehead atoms. The van der Waals surface area contributed by atoms with E-state index < -0.39 is 0 Å². The first-order valence-electron chi connectivity index (χ1n) is 6.63. The first kappa shape index (κ1) is 15.4. The fourth-order valence-electron chi connectivity index (χ4n) is 1.39. The van der Waals surface area contributed by atoms with Gasteiger partial charge in [0.2, 0.25) is 0 Å². The molecule has 0 unspecified atom stereocenters. The second-order valence-electron chi connectivity index (χ2n) is 4.11. The van der Waals surface area contributed by atoms with E-state index >= 15 is 0 Å². The van der Waals surface area contributed by atoms with Crippen LogP contribution in [0.15, 0.2) is 12.4 Å². The molecule has 1 aromatic heterocycles. The second kappa shape index (κ2) is 9.27. The summed E-state index contributed by atoms with van der Waals surface area (Å²) in [6.45, 7) is 4.18. The standard InChI is InChI=1S/C13H22N4O2/c1-3-4-7-19-8-5-6-15-13(18)11-9-17-12(14-2)10-16-11/h9-10H,3-8H2,1-2H3,(H,14,17)(H,15,18). The maximum Gasteiger partial charge on any atom is 0.271 e. The van der Waals surface area contributed by atoms with E-state index in [1.807, 2.05) is 0 Å². The summed E-state index contributed by atoms with van der Waals surface area (Å²) in [5, 5.41) is 5.63. The van der Waals surface area contributed by atoms with Crippen molar-refractivity contribution in [1.82, 2.24) is 15.3 Å². The van der Waals surface area contributed by atoms with Crippen molar-refractivity contribution in [3.05, 3.63) is 18.1 Å². The zero-order chi connectivity index (χ0) is 13.9. The molecule has 6 nitrogen and oxygen atoms in total. The third-order valence-corrected chi connectivity index (χ3v) is 2.53. The van der Waals surface area contributed by atoms with Gasteiger partial charge in [-0.15, -0.1) is 0 Å². The molecule has 6 heteroatoms. The summed E-state index contributed by atoms with van der Waals surface area (Å²) in [4.78, 5) is 19.8. The quantitative estimate of drug-likeness (QED) is 0.662. The molecule has 0 aliphatic heterocycles. The van der Waals surface area contributed by atoms with Crippen LogP contribution >= 0.6 is 0 Å². The predicted octanol–water partition coefficient (Wildman–Crippen LogP) is 1.45. The van der Waals surface area contributed by atoms with E-state index in [1.165, 1.54) is 12.4 Å². The van der Waals surface area contributed by atoms with Gasteiger partial charge in [0.1, 0.15) is 11.5 Å². The van der Waals surface area contributed by atoms with Crippen LogP contribution in [0.4, 0.5) is 5.82 Å². The van der Waals surface area contributed by atoms with Gasteiger partial charge in [-0.25, -0.2) is 9.97 Å². The van der Waals surface area contributed by atoms with Gasteiger partial charge in [-0.05, 0) is 12.8 Å². The number of carbonyl (C=O) groups excluding carboxylic acids is 1. The van der Waals surface area contributed by atoms with Crippen LogP contribution in [0, 0.1) is 0 Å². The van der Waals surface area contributed by atoms with Gasteiger partial charge in [-0.3, -0.25) is 4.79 Å². The smallest absolute Gasteiger partial charge is 0.271 e. The summed E-state index contributed by atoms with van der Waals surface area (Å²) in [7, 11) is 1.75. The minimum atomic E-state index is -0.205. The van der Waals surface area contributed by atoms with Crippen LogP contribution in [0.2, 0.25) is 0 Å². The first-order valence-corrected chi connectivity index (χ1v) is 6.63. The molecule has 0 atom stereocenters. The Bertz CT molecular complexity index is 367. The molecule has 1 rings (SSSR count). The summed E-state index contributed by atoms with van der Waals surface area (Å²) in [6.07, 6.45) is 6.01. The Balaban J connectivity index is 2.16. The van der Waals surface area contributed by atoms with Gasteiger partial charge in [-0.1, -0.05) is 13.3 Å². The van der Waals surface area contributed by atoms with Gasteiger partial charge in [0, 0.05) is 26.8 Å². The number of aromatic nitrogens is 2.